The van der Waals surface area contributed by atoms with Gasteiger partial charge in [-0.05, 0) is 31.4 Å². The van der Waals surface area contributed by atoms with Crippen LogP contribution in [0.15, 0.2) is 18.3 Å². The molecule has 1 aromatic rings. The quantitative estimate of drug-likeness (QED) is 0.807. The van der Waals surface area contributed by atoms with E-state index in [0.717, 1.165) is 12.1 Å². The number of nitrogens with one attached hydrogen (secondary N) is 1. The van der Waals surface area contributed by atoms with Crippen molar-refractivity contribution in [3.8, 4) is 5.88 Å². The number of ether oxygens (including phenoxy) is 1. The number of methoxy groups -OCH3 is 1. The van der Waals surface area contributed by atoms with E-state index in [0.29, 0.717) is 17.8 Å². The molecule has 1 atom stereocenters. The Labute approximate surface area is 91.9 Å². The minimum absolute atomic E-state index is 0.433. The lowest BCUT2D eigenvalue weighted by Crippen LogP contribution is -2.18. The summed E-state index contributed by atoms with van der Waals surface area (Å²) in [6, 6.07) is 4.33. The van der Waals surface area contributed by atoms with Crippen molar-refractivity contribution in [2.45, 2.75) is 33.2 Å². The van der Waals surface area contributed by atoms with Crippen molar-refractivity contribution in [1.82, 2.24) is 4.98 Å². The number of aromatic nitrogens is 1. The molecule has 1 rings (SSSR count). The molecular weight excluding hydrogens is 188 g/mol. The first-order chi connectivity index (χ1) is 7.13. The molecule has 0 amide bonds. The SMILES string of the molecule is COc1ncccc1NC(C)CC(C)C. The van der Waals surface area contributed by atoms with E-state index in [4.69, 9.17) is 4.74 Å². The van der Waals surface area contributed by atoms with E-state index in [1.54, 1.807) is 13.3 Å². The lowest BCUT2D eigenvalue weighted by molar-refractivity contribution is 0.398. The summed E-state index contributed by atoms with van der Waals surface area (Å²) in [7, 11) is 1.64. The minimum atomic E-state index is 0.433. The minimum Gasteiger partial charge on any atom is -0.480 e. The molecule has 0 spiro atoms. The van der Waals surface area contributed by atoms with Crippen LogP contribution in [0, 0.1) is 5.92 Å². The fourth-order valence-corrected chi connectivity index (χ4v) is 1.69. The van der Waals surface area contributed by atoms with Crippen molar-refractivity contribution < 1.29 is 4.74 Å². The summed E-state index contributed by atoms with van der Waals surface area (Å²) < 4.78 is 5.18. The Morgan fingerprint density at radius 1 is 1.40 bits per heavy atom. The third-order valence-corrected chi connectivity index (χ3v) is 2.19. The van der Waals surface area contributed by atoms with E-state index in [1.807, 2.05) is 12.1 Å². The molecule has 1 aromatic heterocycles. The molecule has 3 nitrogen and oxygen atoms in total. The van der Waals surface area contributed by atoms with Crippen LogP contribution in [0.5, 0.6) is 5.88 Å². The van der Waals surface area contributed by atoms with E-state index >= 15 is 0 Å². The second kappa shape index (κ2) is 5.59. The Bertz CT molecular complexity index is 299. The van der Waals surface area contributed by atoms with Gasteiger partial charge in [-0.25, -0.2) is 4.98 Å². The third kappa shape index (κ3) is 3.78. The molecule has 0 aromatic carbocycles. The summed E-state index contributed by atoms with van der Waals surface area (Å²) in [6.45, 7) is 6.61. The van der Waals surface area contributed by atoms with Gasteiger partial charge in [0.2, 0.25) is 5.88 Å². The molecule has 0 fully saturated rings. The topological polar surface area (TPSA) is 34.1 Å². The van der Waals surface area contributed by atoms with Crippen molar-refractivity contribution in [1.29, 1.82) is 0 Å². The highest BCUT2D eigenvalue weighted by molar-refractivity contribution is 5.52. The Hall–Kier alpha value is -1.25. The van der Waals surface area contributed by atoms with Gasteiger partial charge >= 0.3 is 0 Å². The van der Waals surface area contributed by atoms with Crippen molar-refractivity contribution >= 4 is 5.69 Å². The molecule has 84 valence electrons. The van der Waals surface area contributed by atoms with Gasteiger partial charge < -0.3 is 10.1 Å². The summed E-state index contributed by atoms with van der Waals surface area (Å²) >= 11 is 0. The van der Waals surface area contributed by atoms with Crippen LogP contribution in [0.4, 0.5) is 5.69 Å². The molecule has 0 saturated carbocycles. The predicted molar refractivity (Wildman–Crippen MR) is 63.3 cm³/mol. The molecule has 0 aliphatic carbocycles. The average Bonchev–Trinajstić information content (AvgIpc) is 2.17. The van der Waals surface area contributed by atoms with Crippen molar-refractivity contribution in [3.63, 3.8) is 0 Å². The molecule has 0 saturated heterocycles. The molecule has 0 radical (unpaired) electrons. The van der Waals surface area contributed by atoms with E-state index in [9.17, 15) is 0 Å². The van der Waals surface area contributed by atoms with E-state index in [2.05, 4.69) is 31.1 Å². The molecule has 1 unspecified atom stereocenters. The van der Waals surface area contributed by atoms with Gasteiger partial charge in [-0.3, -0.25) is 0 Å². The zero-order chi connectivity index (χ0) is 11.3. The molecule has 1 heterocycles. The van der Waals surface area contributed by atoms with Crippen LogP contribution in [0.3, 0.4) is 0 Å². The summed E-state index contributed by atoms with van der Waals surface area (Å²) in [6.07, 6.45) is 2.87. The van der Waals surface area contributed by atoms with Crippen LogP contribution in [-0.2, 0) is 0 Å². The number of pyridine rings is 1. The second-order valence-corrected chi connectivity index (χ2v) is 4.24. The fourth-order valence-electron chi connectivity index (χ4n) is 1.69. The fraction of sp³-hybridized carbons (Fsp3) is 0.583. The van der Waals surface area contributed by atoms with Gasteiger partial charge in [-0.1, -0.05) is 13.8 Å². The molecular formula is C12H20N2O. The molecule has 0 aliphatic heterocycles. The number of hydrogen-bond donors (Lipinski definition) is 1. The lowest BCUT2D eigenvalue weighted by Gasteiger charge is -2.18. The van der Waals surface area contributed by atoms with E-state index in [-0.39, 0.29) is 0 Å². The standard InChI is InChI=1S/C12H20N2O/c1-9(2)8-10(3)14-11-6-5-7-13-12(11)15-4/h5-7,9-10,14H,8H2,1-4H3. The monoisotopic (exact) mass is 208 g/mol. The normalized spacial score (nSPS) is 12.6. The zero-order valence-corrected chi connectivity index (χ0v) is 9.95. The number of nitrogens with zero attached hydrogens (tertiary/aromatic N) is 1. The van der Waals surface area contributed by atoms with Crippen LogP contribution < -0.4 is 10.1 Å². The average molecular weight is 208 g/mol. The van der Waals surface area contributed by atoms with Gasteiger partial charge in [0.05, 0.1) is 12.8 Å². The van der Waals surface area contributed by atoms with Crippen molar-refractivity contribution in [3.05, 3.63) is 18.3 Å². The molecule has 15 heavy (non-hydrogen) atoms. The van der Waals surface area contributed by atoms with Gasteiger partial charge in [-0.15, -0.1) is 0 Å². The lowest BCUT2D eigenvalue weighted by atomic mass is 10.1. The van der Waals surface area contributed by atoms with Crippen molar-refractivity contribution in [2.75, 3.05) is 12.4 Å². The van der Waals surface area contributed by atoms with Crippen LogP contribution in [0.2, 0.25) is 0 Å². The van der Waals surface area contributed by atoms with Crippen LogP contribution in [0.25, 0.3) is 0 Å². The number of hydrogen-bond acceptors (Lipinski definition) is 3. The Kier molecular flexibility index (Phi) is 4.40. The number of rotatable bonds is 5. The van der Waals surface area contributed by atoms with E-state index < -0.39 is 0 Å². The maximum absolute atomic E-state index is 5.18. The molecule has 1 N–H and O–H groups in total. The van der Waals surface area contributed by atoms with Crippen LogP contribution in [0.1, 0.15) is 27.2 Å². The Balaban J connectivity index is 2.63. The van der Waals surface area contributed by atoms with Crippen LogP contribution >= 0.6 is 0 Å². The summed E-state index contributed by atoms with van der Waals surface area (Å²) in [4.78, 5) is 4.14. The first-order valence-corrected chi connectivity index (χ1v) is 5.39. The molecule has 0 bridgehead atoms. The Morgan fingerprint density at radius 2 is 2.13 bits per heavy atom. The van der Waals surface area contributed by atoms with Gasteiger partial charge in [0.15, 0.2) is 0 Å². The zero-order valence-electron chi connectivity index (χ0n) is 9.95. The van der Waals surface area contributed by atoms with Gasteiger partial charge in [0.1, 0.15) is 0 Å². The van der Waals surface area contributed by atoms with Gasteiger partial charge in [0, 0.05) is 12.2 Å². The Morgan fingerprint density at radius 3 is 2.73 bits per heavy atom. The molecule has 0 aliphatic rings. The number of anilines is 1. The van der Waals surface area contributed by atoms with Gasteiger partial charge in [-0.2, -0.15) is 0 Å². The largest absolute Gasteiger partial charge is 0.480 e. The first-order valence-electron chi connectivity index (χ1n) is 5.39. The van der Waals surface area contributed by atoms with Gasteiger partial charge in [0.25, 0.3) is 0 Å². The highest BCUT2D eigenvalue weighted by Gasteiger charge is 2.08. The van der Waals surface area contributed by atoms with Crippen LogP contribution in [-0.4, -0.2) is 18.1 Å². The highest BCUT2D eigenvalue weighted by atomic mass is 16.5. The first kappa shape index (κ1) is 11.8. The summed E-state index contributed by atoms with van der Waals surface area (Å²) in [5.74, 6) is 1.35. The maximum atomic E-state index is 5.18. The van der Waals surface area contributed by atoms with Crippen molar-refractivity contribution in [2.24, 2.45) is 5.92 Å². The third-order valence-electron chi connectivity index (χ3n) is 2.19. The van der Waals surface area contributed by atoms with E-state index in [1.165, 1.54) is 0 Å². The summed E-state index contributed by atoms with van der Waals surface area (Å²) in [5.41, 5.74) is 0.966. The molecule has 3 heteroatoms. The highest BCUT2D eigenvalue weighted by Crippen LogP contribution is 2.21. The second-order valence-electron chi connectivity index (χ2n) is 4.24. The smallest absolute Gasteiger partial charge is 0.237 e. The predicted octanol–water partition coefficient (Wildman–Crippen LogP) is 2.94. The maximum Gasteiger partial charge on any atom is 0.237 e. The summed E-state index contributed by atoms with van der Waals surface area (Å²) in [5, 5.41) is 3.41.